The van der Waals surface area contributed by atoms with Crippen LogP contribution in [0.15, 0.2) is 18.5 Å². The van der Waals surface area contributed by atoms with E-state index in [0.717, 1.165) is 47.6 Å². The molecule has 6 nitrogen and oxygen atoms in total. The number of imidazole rings is 1. The van der Waals surface area contributed by atoms with Crippen molar-refractivity contribution >= 4 is 39.6 Å². The molecule has 4 heterocycles. The second-order valence-corrected chi connectivity index (χ2v) is 7.99. The van der Waals surface area contributed by atoms with Crippen molar-refractivity contribution in [2.75, 3.05) is 18.4 Å². The van der Waals surface area contributed by atoms with Crippen molar-refractivity contribution < 1.29 is 0 Å². The molecule has 0 spiro atoms. The minimum Gasteiger partial charge on any atom is -0.328 e. The lowest BCUT2D eigenvalue weighted by atomic mass is 10.0. The highest BCUT2D eigenvalue weighted by molar-refractivity contribution is 7.10. The summed E-state index contributed by atoms with van der Waals surface area (Å²) in [6.45, 7) is 7.50. The van der Waals surface area contributed by atoms with E-state index in [1.165, 1.54) is 24.4 Å². The van der Waals surface area contributed by atoms with Gasteiger partial charge in [0.1, 0.15) is 10.2 Å². The minimum atomic E-state index is 0.577. The first-order valence-electron chi connectivity index (χ1n) is 8.53. The van der Waals surface area contributed by atoms with Gasteiger partial charge in [0.05, 0.1) is 17.6 Å². The van der Waals surface area contributed by atoms with Crippen LogP contribution in [0.2, 0.25) is 5.15 Å². The van der Waals surface area contributed by atoms with Crippen molar-refractivity contribution in [3.8, 4) is 0 Å². The summed E-state index contributed by atoms with van der Waals surface area (Å²) in [5, 5.41) is 4.90. The molecule has 132 valence electrons. The fourth-order valence-electron chi connectivity index (χ4n) is 3.39. The normalized spacial score (nSPS) is 18.8. The van der Waals surface area contributed by atoms with Crippen LogP contribution >= 0.6 is 23.1 Å². The molecule has 0 aliphatic carbocycles. The van der Waals surface area contributed by atoms with Gasteiger partial charge in [-0.15, -0.1) is 0 Å². The number of nitrogens with zero attached hydrogens (tertiary/aromatic N) is 5. The summed E-state index contributed by atoms with van der Waals surface area (Å²) in [5.41, 5.74) is 2.70. The molecule has 1 atom stereocenters. The molecule has 1 aliphatic heterocycles. The van der Waals surface area contributed by atoms with Gasteiger partial charge in [0.2, 0.25) is 0 Å². The summed E-state index contributed by atoms with van der Waals surface area (Å²) in [6, 6.07) is 2.11. The molecule has 4 rings (SSSR count). The first kappa shape index (κ1) is 16.8. The molecular formula is C17H21ClN6S. The Morgan fingerprint density at radius 3 is 3.16 bits per heavy atom. The highest BCUT2D eigenvalue weighted by Crippen LogP contribution is 2.26. The highest BCUT2D eigenvalue weighted by Gasteiger charge is 2.18. The lowest BCUT2D eigenvalue weighted by molar-refractivity contribution is 0.175. The molecule has 0 radical (unpaired) electrons. The van der Waals surface area contributed by atoms with Gasteiger partial charge in [0.25, 0.3) is 0 Å². The van der Waals surface area contributed by atoms with Crippen molar-refractivity contribution in [2.45, 2.75) is 33.2 Å². The topological polar surface area (TPSA) is 58.4 Å². The van der Waals surface area contributed by atoms with Gasteiger partial charge >= 0.3 is 0 Å². The number of hydrogen-bond donors (Lipinski definition) is 1. The van der Waals surface area contributed by atoms with Gasteiger partial charge in [0.15, 0.2) is 11.5 Å². The summed E-state index contributed by atoms with van der Waals surface area (Å²) < 4.78 is 6.43. The SMILES string of the molecule is Cc1cn2c(Cl)cnc2c(Nc2cc(CN3CCCC(C)C3)ns2)n1. The van der Waals surface area contributed by atoms with Crippen LogP contribution in [0.5, 0.6) is 0 Å². The van der Waals surface area contributed by atoms with Crippen molar-refractivity contribution in [3.05, 3.63) is 35.0 Å². The standard InChI is InChI=1S/C17H21ClN6S/c1-11-4-3-5-23(8-11)10-13-6-15(25-22-13)21-16-17-19-7-14(18)24(17)9-12(2)20-16/h6-7,9,11H,3-5,8,10H2,1-2H3,(H,20,21). The number of nitrogens with one attached hydrogen (secondary N) is 1. The van der Waals surface area contributed by atoms with Crippen LogP contribution in [0.25, 0.3) is 5.65 Å². The predicted molar refractivity (Wildman–Crippen MR) is 102 cm³/mol. The number of likely N-dealkylation sites (tertiary alicyclic amines) is 1. The molecule has 1 aliphatic rings. The zero-order chi connectivity index (χ0) is 17.4. The molecule has 0 saturated carbocycles. The van der Waals surface area contributed by atoms with Crippen LogP contribution in [-0.2, 0) is 6.54 Å². The average molecular weight is 377 g/mol. The Morgan fingerprint density at radius 1 is 1.44 bits per heavy atom. The quantitative estimate of drug-likeness (QED) is 0.742. The van der Waals surface area contributed by atoms with Gasteiger partial charge in [-0.3, -0.25) is 9.30 Å². The van der Waals surface area contributed by atoms with Crippen molar-refractivity contribution in [2.24, 2.45) is 5.92 Å². The summed E-state index contributed by atoms with van der Waals surface area (Å²) in [4.78, 5) is 11.4. The molecule has 0 amide bonds. The molecule has 1 saturated heterocycles. The van der Waals surface area contributed by atoms with Gasteiger partial charge in [-0.2, -0.15) is 4.37 Å². The Balaban J connectivity index is 1.51. The number of fused-ring (bicyclic) bond motifs is 1. The van der Waals surface area contributed by atoms with Crippen molar-refractivity contribution in [3.63, 3.8) is 0 Å². The number of aryl methyl sites for hydroxylation is 1. The maximum atomic E-state index is 6.17. The van der Waals surface area contributed by atoms with Crippen LogP contribution in [0.4, 0.5) is 10.8 Å². The first-order chi connectivity index (χ1) is 12.1. The third-order valence-corrected chi connectivity index (χ3v) is 5.52. The molecule has 3 aromatic heterocycles. The van der Waals surface area contributed by atoms with Crippen molar-refractivity contribution in [1.82, 2.24) is 23.6 Å². The molecule has 8 heteroatoms. The number of piperidine rings is 1. The van der Waals surface area contributed by atoms with Gasteiger partial charge in [-0.05, 0) is 49.8 Å². The van der Waals surface area contributed by atoms with E-state index in [4.69, 9.17) is 11.6 Å². The summed E-state index contributed by atoms with van der Waals surface area (Å²) in [7, 11) is 0. The number of rotatable bonds is 4. The Morgan fingerprint density at radius 2 is 2.32 bits per heavy atom. The van der Waals surface area contributed by atoms with Crippen LogP contribution in [0.1, 0.15) is 31.2 Å². The predicted octanol–water partition coefficient (Wildman–Crippen LogP) is 4.12. The number of hydrogen-bond acceptors (Lipinski definition) is 6. The van der Waals surface area contributed by atoms with Gasteiger partial charge in [-0.25, -0.2) is 9.97 Å². The third-order valence-electron chi connectivity index (χ3n) is 4.49. The summed E-state index contributed by atoms with van der Waals surface area (Å²) >= 11 is 7.63. The molecule has 0 bridgehead atoms. The zero-order valence-corrected chi connectivity index (χ0v) is 15.9. The fraction of sp³-hybridized carbons (Fsp3) is 0.471. The highest BCUT2D eigenvalue weighted by atomic mass is 35.5. The maximum absolute atomic E-state index is 6.17. The lowest BCUT2D eigenvalue weighted by Crippen LogP contribution is -2.33. The lowest BCUT2D eigenvalue weighted by Gasteiger charge is -2.30. The van der Waals surface area contributed by atoms with Crippen LogP contribution in [0, 0.1) is 12.8 Å². The van der Waals surface area contributed by atoms with E-state index < -0.39 is 0 Å². The minimum absolute atomic E-state index is 0.577. The molecule has 1 N–H and O–H groups in total. The second kappa shape index (κ2) is 6.90. The Kier molecular flexibility index (Phi) is 4.62. The van der Waals surface area contributed by atoms with Crippen LogP contribution in [0.3, 0.4) is 0 Å². The summed E-state index contributed by atoms with van der Waals surface area (Å²) in [5.74, 6) is 1.48. The summed E-state index contributed by atoms with van der Waals surface area (Å²) in [6.07, 6.45) is 6.13. The number of halogens is 1. The molecule has 25 heavy (non-hydrogen) atoms. The Hall–Kier alpha value is -1.70. The van der Waals surface area contributed by atoms with E-state index >= 15 is 0 Å². The van der Waals surface area contributed by atoms with E-state index in [1.54, 1.807) is 6.20 Å². The van der Waals surface area contributed by atoms with E-state index in [1.807, 2.05) is 17.5 Å². The maximum Gasteiger partial charge on any atom is 0.181 e. The molecule has 1 unspecified atom stereocenters. The number of anilines is 2. The molecule has 0 aromatic carbocycles. The van der Waals surface area contributed by atoms with Gasteiger partial charge in [0, 0.05) is 19.3 Å². The Labute approximate surface area is 156 Å². The Bertz CT molecular complexity index is 889. The largest absolute Gasteiger partial charge is 0.328 e. The van der Waals surface area contributed by atoms with Gasteiger partial charge < -0.3 is 5.32 Å². The van der Waals surface area contributed by atoms with Crippen LogP contribution < -0.4 is 5.32 Å². The van der Waals surface area contributed by atoms with Gasteiger partial charge in [-0.1, -0.05) is 18.5 Å². The van der Waals surface area contributed by atoms with E-state index in [0.29, 0.717) is 11.0 Å². The average Bonchev–Trinajstić information content (AvgIpc) is 3.15. The molecule has 1 fully saturated rings. The fourth-order valence-corrected chi connectivity index (χ4v) is 4.22. The van der Waals surface area contributed by atoms with E-state index in [9.17, 15) is 0 Å². The van der Waals surface area contributed by atoms with Crippen LogP contribution in [-0.4, -0.2) is 36.7 Å². The third kappa shape index (κ3) is 3.63. The van der Waals surface area contributed by atoms with E-state index in [-0.39, 0.29) is 0 Å². The zero-order valence-electron chi connectivity index (χ0n) is 14.4. The first-order valence-corrected chi connectivity index (χ1v) is 9.69. The second-order valence-electron chi connectivity index (χ2n) is 6.80. The molecule has 3 aromatic rings. The molecular weight excluding hydrogens is 356 g/mol. The monoisotopic (exact) mass is 376 g/mol. The number of aromatic nitrogens is 4. The smallest absolute Gasteiger partial charge is 0.181 e. The van der Waals surface area contributed by atoms with Crippen molar-refractivity contribution in [1.29, 1.82) is 0 Å². The van der Waals surface area contributed by atoms with E-state index in [2.05, 4.69) is 37.5 Å².